The predicted molar refractivity (Wildman–Crippen MR) is 118 cm³/mol. The van der Waals surface area contributed by atoms with Crippen molar-refractivity contribution in [3.63, 3.8) is 0 Å². The van der Waals surface area contributed by atoms with Crippen molar-refractivity contribution in [1.82, 2.24) is 10.3 Å². The molecule has 28 heavy (non-hydrogen) atoms. The molecule has 1 heterocycles. The van der Waals surface area contributed by atoms with Gasteiger partial charge in [0.1, 0.15) is 0 Å². The van der Waals surface area contributed by atoms with Crippen LogP contribution in [0.3, 0.4) is 0 Å². The number of nitrogens with zero attached hydrogens (tertiary/aromatic N) is 1. The van der Waals surface area contributed by atoms with Gasteiger partial charge in [-0.05, 0) is 80.3 Å². The van der Waals surface area contributed by atoms with E-state index in [0.717, 1.165) is 18.1 Å². The summed E-state index contributed by atoms with van der Waals surface area (Å²) < 4.78 is 0. The molecule has 4 rings (SSSR count). The van der Waals surface area contributed by atoms with Crippen LogP contribution < -0.4 is 5.32 Å². The summed E-state index contributed by atoms with van der Waals surface area (Å²) in [5, 5.41) is 4.49. The lowest BCUT2D eigenvalue weighted by Crippen LogP contribution is -2.42. The lowest BCUT2D eigenvalue weighted by atomic mass is 9.55. The first-order valence-corrected chi connectivity index (χ1v) is 11.4. The van der Waals surface area contributed by atoms with Crippen LogP contribution in [0.15, 0.2) is 48.7 Å². The van der Waals surface area contributed by atoms with Crippen LogP contribution in [-0.2, 0) is 12.0 Å². The van der Waals surface area contributed by atoms with Crippen molar-refractivity contribution >= 4 is 11.6 Å². The molecule has 3 heteroatoms. The van der Waals surface area contributed by atoms with E-state index in [1.807, 2.05) is 24.4 Å². The van der Waals surface area contributed by atoms with Crippen molar-refractivity contribution in [2.24, 2.45) is 5.41 Å². The zero-order chi connectivity index (χ0) is 19.3. The maximum Gasteiger partial charge on any atom is 0.0466 e. The van der Waals surface area contributed by atoms with Crippen LogP contribution in [0.5, 0.6) is 0 Å². The molecule has 1 atom stereocenters. The summed E-state index contributed by atoms with van der Waals surface area (Å²) in [5.41, 5.74) is 3.38. The van der Waals surface area contributed by atoms with Crippen molar-refractivity contribution in [1.29, 1.82) is 0 Å². The smallest absolute Gasteiger partial charge is 0.0466 e. The van der Waals surface area contributed by atoms with Gasteiger partial charge >= 0.3 is 0 Å². The second-order valence-electron chi connectivity index (χ2n) is 9.14. The fourth-order valence-electron chi connectivity index (χ4n) is 5.87. The van der Waals surface area contributed by atoms with Gasteiger partial charge in [0.2, 0.25) is 0 Å². The molecular formula is C25H33ClN2. The average Bonchev–Trinajstić information content (AvgIpc) is 2.73. The van der Waals surface area contributed by atoms with E-state index >= 15 is 0 Å². The van der Waals surface area contributed by atoms with Crippen molar-refractivity contribution in [3.05, 3.63) is 64.9 Å². The Kier molecular flexibility index (Phi) is 6.38. The number of hydrogen-bond donors (Lipinski definition) is 1. The fraction of sp³-hybridized carbons (Fsp3) is 0.560. The largest absolute Gasteiger partial charge is 0.313 e. The van der Waals surface area contributed by atoms with Gasteiger partial charge in [0.15, 0.2) is 0 Å². The van der Waals surface area contributed by atoms with Crippen molar-refractivity contribution < 1.29 is 0 Å². The molecule has 0 aliphatic heterocycles. The van der Waals surface area contributed by atoms with Gasteiger partial charge in [-0.25, -0.2) is 0 Å². The van der Waals surface area contributed by atoms with E-state index in [-0.39, 0.29) is 5.41 Å². The summed E-state index contributed by atoms with van der Waals surface area (Å²) in [6.07, 6.45) is 15.7. The molecular weight excluding hydrogens is 364 g/mol. The molecule has 2 aliphatic carbocycles. The molecule has 1 aromatic heterocycles. The molecule has 2 aliphatic rings. The molecule has 2 saturated carbocycles. The van der Waals surface area contributed by atoms with Gasteiger partial charge in [0.25, 0.3) is 0 Å². The number of hydrogen-bond acceptors (Lipinski definition) is 2. The van der Waals surface area contributed by atoms with E-state index in [1.165, 1.54) is 75.5 Å². The fourth-order valence-corrected chi connectivity index (χ4v) is 6.08. The van der Waals surface area contributed by atoms with Gasteiger partial charge < -0.3 is 5.32 Å². The van der Waals surface area contributed by atoms with Gasteiger partial charge in [-0.15, -0.1) is 0 Å². The average molecular weight is 397 g/mol. The van der Waals surface area contributed by atoms with Crippen molar-refractivity contribution in [2.75, 3.05) is 6.54 Å². The Balaban J connectivity index is 1.46. The minimum absolute atomic E-state index is 0.234. The summed E-state index contributed by atoms with van der Waals surface area (Å²) in [6, 6.07) is 14.7. The maximum atomic E-state index is 6.13. The SMILES string of the molecule is Clc1cccc(CNCCC2(c3ccccn3)CCCC3(CCCCC3)C2)c1. The highest BCUT2D eigenvalue weighted by Crippen LogP contribution is 2.55. The Morgan fingerprint density at radius 1 is 0.929 bits per heavy atom. The van der Waals surface area contributed by atoms with Crippen LogP contribution in [0.4, 0.5) is 0 Å². The first-order chi connectivity index (χ1) is 13.7. The van der Waals surface area contributed by atoms with Crippen molar-refractivity contribution in [2.45, 2.75) is 76.2 Å². The highest BCUT2D eigenvalue weighted by molar-refractivity contribution is 6.30. The Bertz CT molecular complexity index is 749. The lowest BCUT2D eigenvalue weighted by molar-refractivity contribution is 0.0618. The van der Waals surface area contributed by atoms with Crippen LogP contribution in [0.1, 0.15) is 75.5 Å². The number of benzene rings is 1. The third-order valence-corrected chi connectivity index (χ3v) is 7.43. The molecule has 2 nitrogen and oxygen atoms in total. The topological polar surface area (TPSA) is 24.9 Å². The minimum Gasteiger partial charge on any atom is -0.313 e. The Morgan fingerprint density at radius 2 is 1.79 bits per heavy atom. The molecule has 1 spiro atoms. The normalized spacial score (nSPS) is 24.3. The van der Waals surface area contributed by atoms with E-state index in [1.54, 1.807) is 0 Å². The molecule has 0 bridgehead atoms. The van der Waals surface area contributed by atoms with Gasteiger partial charge in [-0.2, -0.15) is 0 Å². The molecule has 0 radical (unpaired) electrons. The zero-order valence-electron chi connectivity index (χ0n) is 16.9. The molecule has 1 aromatic carbocycles. The number of pyridine rings is 1. The van der Waals surface area contributed by atoms with E-state index in [0.29, 0.717) is 5.41 Å². The Labute approximate surface area is 175 Å². The minimum atomic E-state index is 0.234. The summed E-state index contributed by atoms with van der Waals surface area (Å²) in [4.78, 5) is 4.86. The monoisotopic (exact) mass is 396 g/mol. The summed E-state index contributed by atoms with van der Waals surface area (Å²) in [7, 11) is 0. The summed E-state index contributed by atoms with van der Waals surface area (Å²) in [5.74, 6) is 0. The van der Waals surface area contributed by atoms with Crippen LogP contribution in [0.2, 0.25) is 5.02 Å². The van der Waals surface area contributed by atoms with E-state index in [9.17, 15) is 0 Å². The zero-order valence-corrected chi connectivity index (χ0v) is 17.7. The van der Waals surface area contributed by atoms with Crippen LogP contribution >= 0.6 is 11.6 Å². The summed E-state index contributed by atoms with van der Waals surface area (Å²) in [6.45, 7) is 1.91. The number of rotatable bonds is 6. The Morgan fingerprint density at radius 3 is 2.57 bits per heavy atom. The van der Waals surface area contributed by atoms with Gasteiger partial charge in [-0.1, -0.05) is 55.5 Å². The van der Waals surface area contributed by atoms with Gasteiger partial charge in [0.05, 0.1) is 0 Å². The van der Waals surface area contributed by atoms with Crippen molar-refractivity contribution in [3.8, 4) is 0 Å². The van der Waals surface area contributed by atoms with Crippen LogP contribution in [0.25, 0.3) is 0 Å². The number of nitrogens with one attached hydrogen (secondary N) is 1. The molecule has 0 amide bonds. The van der Waals surface area contributed by atoms with E-state index in [2.05, 4.69) is 29.6 Å². The highest BCUT2D eigenvalue weighted by atomic mass is 35.5. The lowest BCUT2D eigenvalue weighted by Gasteiger charge is -2.50. The molecule has 1 unspecified atom stereocenters. The first-order valence-electron chi connectivity index (χ1n) is 11.1. The second kappa shape index (κ2) is 8.97. The number of halogens is 1. The van der Waals surface area contributed by atoms with Gasteiger partial charge in [0, 0.05) is 28.9 Å². The summed E-state index contributed by atoms with van der Waals surface area (Å²) >= 11 is 6.13. The van der Waals surface area contributed by atoms with Crippen LogP contribution in [-0.4, -0.2) is 11.5 Å². The third-order valence-electron chi connectivity index (χ3n) is 7.20. The molecule has 0 saturated heterocycles. The molecule has 150 valence electrons. The maximum absolute atomic E-state index is 6.13. The van der Waals surface area contributed by atoms with Crippen LogP contribution in [0, 0.1) is 5.41 Å². The van der Waals surface area contributed by atoms with E-state index in [4.69, 9.17) is 16.6 Å². The van der Waals surface area contributed by atoms with Gasteiger partial charge in [-0.3, -0.25) is 4.98 Å². The first kappa shape index (κ1) is 19.9. The molecule has 2 fully saturated rings. The second-order valence-corrected chi connectivity index (χ2v) is 9.58. The predicted octanol–water partition coefficient (Wildman–Crippen LogP) is 6.68. The molecule has 1 N–H and O–H groups in total. The number of aromatic nitrogens is 1. The third kappa shape index (κ3) is 4.60. The van der Waals surface area contributed by atoms with E-state index < -0.39 is 0 Å². The quantitative estimate of drug-likeness (QED) is 0.551. The standard InChI is InChI=1S/C25H33ClN2/c26-22-9-6-8-21(18-22)19-27-17-15-25(23-10-2-5-16-28-23)14-7-13-24(20-25)11-3-1-4-12-24/h2,5-6,8-10,16,18,27H,1,3-4,7,11-15,17,19-20H2. The molecule has 2 aromatic rings. The Hall–Kier alpha value is -1.38. The highest BCUT2D eigenvalue weighted by Gasteiger charge is 2.46.